The van der Waals surface area contributed by atoms with Crippen molar-refractivity contribution >= 4 is 29.2 Å². The highest BCUT2D eigenvalue weighted by Crippen LogP contribution is 2.21. The van der Waals surface area contributed by atoms with Gasteiger partial charge in [0.15, 0.2) is 18.2 Å². The fourth-order valence-electron chi connectivity index (χ4n) is 1.96. The van der Waals surface area contributed by atoms with Gasteiger partial charge in [0.05, 0.1) is 16.7 Å². The Kier molecular flexibility index (Phi) is 6.03. The molecule has 0 saturated carbocycles. The lowest BCUT2D eigenvalue weighted by Crippen LogP contribution is -2.35. The van der Waals surface area contributed by atoms with E-state index < -0.39 is 35.7 Å². The first-order valence-electron chi connectivity index (χ1n) is 6.98. The van der Waals surface area contributed by atoms with E-state index in [0.717, 1.165) is 4.90 Å². The molecule has 128 valence electrons. The van der Waals surface area contributed by atoms with Gasteiger partial charge in [0.25, 0.3) is 5.91 Å². The molecule has 8 heteroatoms. The van der Waals surface area contributed by atoms with Crippen molar-refractivity contribution in [2.75, 3.05) is 18.1 Å². The van der Waals surface area contributed by atoms with Crippen molar-refractivity contribution in [1.82, 2.24) is 0 Å². The Morgan fingerprint density at radius 3 is 2.44 bits per heavy atom. The van der Waals surface area contributed by atoms with Gasteiger partial charge in [-0.15, -0.1) is 0 Å². The summed E-state index contributed by atoms with van der Waals surface area (Å²) in [6.07, 6.45) is 0. The minimum Gasteiger partial charge on any atom is -0.452 e. The van der Waals surface area contributed by atoms with Crippen molar-refractivity contribution < 1.29 is 23.1 Å². The predicted octanol–water partition coefficient (Wildman–Crippen LogP) is 3.33. The molecule has 0 aliphatic carbocycles. The first-order chi connectivity index (χ1) is 11.9. The highest BCUT2D eigenvalue weighted by molar-refractivity contribution is 6.33. The fourth-order valence-corrected chi connectivity index (χ4v) is 2.19. The maximum atomic E-state index is 13.2. The number of hydrogen-bond acceptors (Lipinski definition) is 4. The highest BCUT2D eigenvalue weighted by Gasteiger charge is 2.20. The smallest absolute Gasteiger partial charge is 0.340 e. The van der Waals surface area contributed by atoms with Gasteiger partial charge in [0.1, 0.15) is 6.54 Å². The third-order valence-electron chi connectivity index (χ3n) is 3.15. The fraction of sp³-hybridized carbons (Fsp3) is 0.118. The Morgan fingerprint density at radius 1 is 1.16 bits per heavy atom. The van der Waals surface area contributed by atoms with Crippen molar-refractivity contribution in [2.24, 2.45) is 0 Å². The average molecular weight is 365 g/mol. The van der Waals surface area contributed by atoms with Gasteiger partial charge in [0, 0.05) is 5.69 Å². The summed E-state index contributed by atoms with van der Waals surface area (Å²) in [4.78, 5) is 25.2. The van der Waals surface area contributed by atoms with Crippen LogP contribution in [0, 0.1) is 23.0 Å². The number of halogens is 3. The van der Waals surface area contributed by atoms with E-state index in [1.54, 1.807) is 30.3 Å². The van der Waals surface area contributed by atoms with E-state index in [2.05, 4.69) is 0 Å². The van der Waals surface area contributed by atoms with Crippen molar-refractivity contribution in [3.8, 4) is 6.07 Å². The van der Waals surface area contributed by atoms with Gasteiger partial charge < -0.3 is 4.74 Å². The molecule has 0 bridgehead atoms. The van der Waals surface area contributed by atoms with E-state index in [0.29, 0.717) is 17.8 Å². The molecule has 0 heterocycles. The molecule has 0 aliphatic rings. The third-order valence-corrected chi connectivity index (χ3v) is 3.47. The van der Waals surface area contributed by atoms with Crippen LogP contribution < -0.4 is 4.90 Å². The number of carbonyl (C=O) groups excluding carboxylic acids is 2. The lowest BCUT2D eigenvalue weighted by Gasteiger charge is -2.19. The zero-order valence-corrected chi connectivity index (χ0v) is 13.5. The predicted molar refractivity (Wildman–Crippen MR) is 86.1 cm³/mol. The molecule has 0 spiro atoms. The van der Waals surface area contributed by atoms with E-state index in [9.17, 15) is 18.4 Å². The van der Waals surface area contributed by atoms with Crippen molar-refractivity contribution in [1.29, 1.82) is 5.26 Å². The van der Waals surface area contributed by atoms with Crippen LogP contribution in [0.3, 0.4) is 0 Å². The number of esters is 1. The highest BCUT2D eigenvalue weighted by atomic mass is 35.5. The molecule has 0 fully saturated rings. The van der Waals surface area contributed by atoms with Crippen molar-refractivity contribution in [3.05, 3.63) is 64.7 Å². The molecule has 25 heavy (non-hydrogen) atoms. The maximum absolute atomic E-state index is 13.2. The molecule has 1 amide bonds. The number of ether oxygens (including phenoxy) is 1. The Balaban J connectivity index is 2.09. The van der Waals surface area contributed by atoms with E-state index in [1.807, 2.05) is 6.07 Å². The van der Waals surface area contributed by atoms with Crippen LogP contribution in [0.25, 0.3) is 0 Å². The molecule has 2 aromatic carbocycles. The van der Waals surface area contributed by atoms with Gasteiger partial charge in [0.2, 0.25) is 0 Å². The summed E-state index contributed by atoms with van der Waals surface area (Å²) in [5.74, 6) is -4.21. The lowest BCUT2D eigenvalue weighted by atomic mass is 10.2. The monoisotopic (exact) mass is 364 g/mol. The number of nitriles is 1. The quantitative estimate of drug-likeness (QED) is 0.463. The second-order valence-electron chi connectivity index (χ2n) is 4.80. The standard InChI is InChI=1S/C17H11ClF2N2O3/c18-13-9-15(20)14(19)8-12(13)17(24)25-10-16(23)22(7-6-21)11-4-2-1-3-5-11/h1-5,8-9H,7,10H2. The summed E-state index contributed by atoms with van der Waals surface area (Å²) in [5.41, 5.74) is 0.0517. The van der Waals surface area contributed by atoms with Crippen LogP contribution in [0.15, 0.2) is 42.5 Å². The average Bonchev–Trinajstić information content (AvgIpc) is 2.61. The molecular weight excluding hydrogens is 354 g/mol. The number of hydrogen-bond donors (Lipinski definition) is 0. The molecule has 2 aromatic rings. The maximum Gasteiger partial charge on any atom is 0.340 e. The number of benzene rings is 2. The van der Waals surface area contributed by atoms with E-state index >= 15 is 0 Å². The molecule has 2 rings (SSSR count). The number of anilines is 1. The largest absolute Gasteiger partial charge is 0.452 e. The lowest BCUT2D eigenvalue weighted by molar-refractivity contribution is -0.121. The zero-order chi connectivity index (χ0) is 18.4. The van der Waals surface area contributed by atoms with Gasteiger partial charge in [-0.1, -0.05) is 29.8 Å². The molecule has 0 saturated heterocycles. The molecule has 5 nitrogen and oxygen atoms in total. The first kappa shape index (κ1) is 18.4. The van der Waals surface area contributed by atoms with Gasteiger partial charge in [-0.2, -0.15) is 5.26 Å². The van der Waals surface area contributed by atoms with E-state index in [1.165, 1.54) is 0 Å². The van der Waals surface area contributed by atoms with Crippen LogP contribution in [-0.4, -0.2) is 25.0 Å². The second-order valence-corrected chi connectivity index (χ2v) is 5.20. The van der Waals surface area contributed by atoms with Gasteiger partial charge >= 0.3 is 5.97 Å². The number of carbonyl (C=O) groups is 2. The van der Waals surface area contributed by atoms with E-state index in [4.69, 9.17) is 21.6 Å². The molecule has 0 N–H and O–H groups in total. The SMILES string of the molecule is N#CCN(C(=O)COC(=O)c1cc(F)c(F)cc1Cl)c1ccccc1. The number of amides is 1. The van der Waals surface area contributed by atoms with Gasteiger partial charge in [-0.05, 0) is 24.3 Å². The molecule has 0 aromatic heterocycles. The molecule has 0 radical (unpaired) electrons. The number of rotatable bonds is 5. The summed E-state index contributed by atoms with van der Waals surface area (Å²) in [5, 5.41) is 8.51. The summed E-state index contributed by atoms with van der Waals surface area (Å²) in [6.45, 7) is -0.933. The van der Waals surface area contributed by atoms with Gasteiger partial charge in [-0.25, -0.2) is 13.6 Å². The second kappa shape index (κ2) is 8.22. The zero-order valence-electron chi connectivity index (χ0n) is 12.7. The van der Waals surface area contributed by atoms with Crippen LogP contribution in [0.2, 0.25) is 5.02 Å². The Bertz CT molecular complexity index is 838. The molecule has 0 unspecified atom stereocenters. The van der Waals surface area contributed by atoms with Crippen LogP contribution in [-0.2, 0) is 9.53 Å². The third kappa shape index (κ3) is 4.52. The van der Waals surface area contributed by atoms with Crippen LogP contribution in [0.1, 0.15) is 10.4 Å². The summed E-state index contributed by atoms with van der Waals surface area (Å²) in [7, 11) is 0. The molecular formula is C17H11ClF2N2O3. The summed E-state index contributed by atoms with van der Waals surface area (Å²) >= 11 is 5.67. The molecule has 0 aliphatic heterocycles. The van der Waals surface area contributed by atoms with Gasteiger partial charge in [-0.3, -0.25) is 9.69 Å². The number of nitrogens with zero attached hydrogens (tertiary/aromatic N) is 2. The normalized spacial score (nSPS) is 10.0. The van der Waals surface area contributed by atoms with Crippen LogP contribution >= 0.6 is 11.6 Å². The number of para-hydroxylation sites is 1. The summed E-state index contributed by atoms with van der Waals surface area (Å²) < 4.78 is 31.0. The van der Waals surface area contributed by atoms with E-state index in [-0.39, 0.29) is 11.6 Å². The Labute approximate surface area is 147 Å². The van der Waals surface area contributed by atoms with Crippen molar-refractivity contribution in [2.45, 2.75) is 0 Å². The topological polar surface area (TPSA) is 70.4 Å². The minimum atomic E-state index is -1.27. The molecule has 0 atom stereocenters. The Hall–Kier alpha value is -2.98. The summed E-state index contributed by atoms with van der Waals surface area (Å²) in [6, 6.07) is 11.4. The van der Waals surface area contributed by atoms with Crippen LogP contribution in [0.5, 0.6) is 0 Å². The first-order valence-corrected chi connectivity index (χ1v) is 7.36. The Morgan fingerprint density at radius 2 is 1.80 bits per heavy atom. The van der Waals surface area contributed by atoms with Crippen molar-refractivity contribution in [3.63, 3.8) is 0 Å². The van der Waals surface area contributed by atoms with Crippen LogP contribution in [0.4, 0.5) is 14.5 Å². The minimum absolute atomic E-state index is 0.244.